The first-order valence-electron chi connectivity index (χ1n) is 7.10. The number of rotatable bonds is 4. The van der Waals surface area contributed by atoms with Crippen molar-refractivity contribution in [1.29, 1.82) is 0 Å². The van der Waals surface area contributed by atoms with Crippen molar-refractivity contribution < 1.29 is 9.90 Å². The lowest BCUT2D eigenvalue weighted by molar-refractivity contribution is -0.121. The van der Waals surface area contributed by atoms with Gasteiger partial charge in [0.2, 0.25) is 5.91 Å². The van der Waals surface area contributed by atoms with Gasteiger partial charge < -0.3 is 16.2 Å². The maximum Gasteiger partial charge on any atom is 0.241 e. The van der Waals surface area contributed by atoms with Gasteiger partial charge in [0.1, 0.15) is 4.99 Å². The zero-order chi connectivity index (χ0) is 15.4. The number of nitrogens with zero attached hydrogens (tertiary/aromatic N) is 1. The molecule has 21 heavy (non-hydrogen) atoms. The maximum atomic E-state index is 12.2. The molecule has 0 aromatic heterocycles. The molecule has 4 N–H and O–H groups in total. The van der Waals surface area contributed by atoms with Gasteiger partial charge in [0.25, 0.3) is 0 Å². The van der Waals surface area contributed by atoms with Crippen molar-refractivity contribution in [3.05, 3.63) is 29.8 Å². The molecule has 1 heterocycles. The highest BCUT2D eigenvalue weighted by molar-refractivity contribution is 7.80. The molecule has 1 unspecified atom stereocenters. The number of piperidine rings is 1. The molecule has 1 aliphatic heterocycles. The zero-order valence-electron chi connectivity index (χ0n) is 12.1. The third-order valence-corrected chi connectivity index (χ3v) is 4.10. The van der Waals surface area contributed by atoms with Crippen LogP contribution in [0.4, 0.5) is 5.69 Å². The van der Waals surface area contributed by atoms with Crippen molar-refractivity contribution in [1.82, 2.24) is 4.90 Å². The first-order chi connectivity index (χ1) is 9.97. The van der Waals surface area contributed by atoms with E-state index in [-0.39, 0.29) is 18.1 Å². The van der Waals surface area contributed by atoms with Crippen LogP contribution in [-0.4, -0.2) is 46.1 Å². The van der Waals surface area contributed by atoms with Crippen LogP contribution in [0, 0.1) is 0 Å². The van der Waals surface area contributed by atoms with Crippen LogP contribution in [0.1, 0.15) is 25.3 Å². The Hall–Kier alpha value is -1.50. The predicted octanol–water partition coefficient (Wildman–Crippen LogP) is 1.10. The normalized spacial score (nSPS) is 18.2. The molecule has 0 bridgehead atoms. The highest BCUT2D eigenvalue weighted by Gasteiger charge is 2.25. The minimum absolute atomic E-state index is 0.0468. The van der Waals surface area contributed by atoms with Crippen molar-refractivity contribution in [2.45, 2.75) is 31.9 Å². The van der Waals surface area contributed by atoms with Gasteiger partial charge in [-0.15, -0.1) is 0 Å². The summed E-state index contributed by atoms with van der Waals surface area (Å²) in [4.78, 5) is 14.7. The number of hydrogen-bond donors (Lipinski definition) is 3. The average Bonchev–Trinajstić information content (AvgIpc) is 2.47. The highest BCUT2D eigenvalue weighted by atomic mass is 32.1. The fourth-order valence-electron chi connectivity index (χ4n) is 2.40. The summed E-state index contributed by atoms with van der Waals surface area (Å²) in [5.41, 5.74) is 7.04. The van der Waals surface area contributed by atoms with E-state index in [0.29, 0.717) is 4.99 Å². The van der Waals surface area contributed by atoms with Crippen LogP contribution >= 0.6 is 12.2 Å². The lowest BCUT2D eigenvalue weighted by Gasteiger charge is -2.33. The van der Waals surface area contributed by atoms with Crippen molar-refractivity contribution in [2.75, 3.05) is 18.4 Å². The smallest absolute Gasteiger partial charge is 0.241 e. The monoisotopic (exact) mass is 307 g/mol. The van der Waals surface area contributed by atoms with Crippen LogP contribution in [0.2, 0.25) is 0 Å². The van der Waals surface area contributed by atoms with Crippen LogP contribution in [-0.2, 0) is 4.79 Å². The second kappa shape index (κ2) is 6.98. The summed E-state index contributed by atoms with van der Waals surface area (Å²) in [6.45, 7) is 3.38. The number of nitrogens with two attached hydrogens (primary N) is 1. The van der Waals surface area contributed by atoms with Gasteiger partial charge in [-0.05, 0) is 44.0 Å². The fourth-order valence-corrected chi connectivity index (χ4v) is 2.54. The van der Waals surface area contributed by atoms with Crippen LogP contribution in [0.3, 0.4) is 0 Å². The molecular weight excluding hydrogens is 286 g/mol. The average molecular weight is 307 g/mol. The Balaban J connectivity index is 1.92. The Bertz CT molecular complexity index is 510. The van der Waals surface area contributed by atoms with E-state index in [0.717, 1.165) is 37.2 Å². The van der Waals surface area contributed by atoms with Gasteiger partial charge in [0.15, 0.2) is 0 Å². The number of carbonyl (C=O) groups is 1. The first-order valence-corrected chi connectivity index (χ1v) is 7.51. The molecule has 1 fully saturated rings. The van der Waals surface area contributed by atoms with Gasteiger partial charge in [-0.25, -0.2) is 0 Å². The SMILES string of the molecule is CC(C(=O)Nc1ccc(C(N)=S)cc1)N1CCC(O)CC1. The van der Waals surface area contributed by atoms with Crippen molar-refractivity contribution in [3.63, 3.8) is 0 Å². The summed E-state index contributed by atoms with van der Waals surface area (Å²) in [5, 5.41) is 12.4. The summed E-state index contributed by atoms with van der Waals surface area (Å²) in [5.74, 6) is -0.0468. The number of anilines is 1. The quantitative estimate of drug-likeness (QED) is 0.726. The summed E-state index contributed by atoms with van der Waals surface area (Å²) < 4.78 is 0. The second-order valence-electron chi connectivity index (χ2n) is 5.37. The Labute approximate surface area is 130 Å². The second-order valence-corrected chi connectivity index (χ2v) is 5.81. The lowest BCUT2D eigenvalue weighted by atomic mass is 10.1. The summed E-state index contributed by atoms with van der Waals surface area (Å²) in [6, 6.07) is 6.95. The number of hydrogen-bond acceptors (Lipinski definition) is 4. The Morgan fingerprint density at radius 3 is 2.48 bits per heavy atom. The molecule has 1 aromatic rings. The third kappa shape index (κ3) is 4.23. The number of carbonyl (C=O) groups excluding carboxylic acids is 1. The van der Waals surface area contributed by atoms with E-state index in [1.54, 1.807) is 24.3 Å². The molecule has 114 valence electrons. The van der Waals surface area contributed by atoms with Crippen LogP contribution in [0.15, 0.2) is 24.3 Å². The molecule has 1 amide bonds. The molecule has 0 saturated carbocycles. The van der Waals surface area contributed by atoms with Gasteiger partial charge in [-0.3, -0.25) is 9.69 Å². The van der Waals surface area contributed by atoms with E-state index in [4.69, 9.17) is 18.0 Å². The van der Waals surface area contributed by atoms with E-state index in [2.05, 4.69) is 10.2 Å². The predicted molar refractivity (Wildman–Crippen MR) is 87.2 cm³/mol. The van der Waals surface area contributed by atoms with Gasteiger partial charge in [-0.2, -0.15) is 0 Å². The number of nitrogens with one attached hydrogen (secondary N) is 1. The van der Waals surface area contributed by atoms with E-state index < -0.39 is 0 Å². The number of aliphatic hydroxyl groups excluding tert-OH is 1. The molecule has 6 heteroatoms. The number of amides is 1. The van der Waals surface area contributed by atoms with E-state index in [1.807, 2.05) is 6.92 Å². The van der Waals surface area contributed by atoms with Gasteiger partial charge in [0.05, 0.1) is 12.1 Å². The topological polar surface area (TPSA) is 78.6 Å². The Morgan fingerprint density at radius 1 is 1.38 bits per heavy atom. The molecule has 0 aliphatic carbocycles. The van der Waals surface area contributed by atoms with E-state index >= 15 is 0 Å². The molecule has 0 spiro atoms. The molecule has 2 rings (SSSR count). The fraction of sp³-hybridized carbons (Fsp3) is 0.467. The van der Waals surface area contributed by atoms with Crippen molar-refractivity contribution >= 4 is 28.8 Å². The maximum absolute atomic E-state index is 12.2. The lowest BCUT2D eigenvalue weighted by Crippen LogP contribution is -2.47. The zero-order valence-corrected chi connectivity index (χ0v) is 12.9. The molecule has 1 atom stereocenters. The largest absolute Gasteiger partial charge is 0.393 e. The molecular formula is C15H21N3O2S. The molecule has 1 aliphatic rings. The Kier molecular flexibility index (Phi) is 5.27. The number of aliphatic hydroxyl groups is 1. The molecule has 1 saturated heterocycles. The summed E-state index contributed by atoms with van der Waals surface area (Å²) in [6.07, 6.45) is 1.21. The molecule has 5 nitrogen and oxygen atoms in total. The summed E-state index contributed by atoms with van der Waals surface area (Å²) in [7, 11) is 0. The van der Waals surface area contributed by atoms with Gasteiger partial charge >= 0.3 is 0 Å². The minimum Gasteiger partial charge on any atom is -0.393 e. The minimum atomic E-state index is -0.232. The standard InChI is InChI=1S/C15H21N3O2S/c1-10(18-8-6-13(19)7-9-18)15(20)17-12-4-2-11(3-5-12)14(16)21/h2-5,10,13,19H,6-9H2,1H3,(H2,16,21)(H,17,20). The van der Waals surface area contributed by atoms with Gasteiger partial charge in [-0.1, -0.05) is 12.2 Å². The highest BCUT2D eigenvalue weighted by Crippen LogP contribution is 2.15. The van der Waals surface area contributed by atoms with Gasteiger partial charge in [0, 0.05) is 24.3 Å². The van der Waals surface area contributed by atoms with Crippen LogP contribution < -0.4 is 11.1 Å². The summed E-state index contributed by atoms with van der Waals surface area (Å²) >= 11 is 4.89. The molecule has 0 radical (unpaired) electrons. The molecule has 1 aromatic carbocycles. The third-order valence-electron chi connectivity index (χ3n) is 3.86. The number of likely N-dealkylation sites (tertiary alicyclic amines) is 1. The van der Waals surface area contributed by atoms with E-state index in [1.165, 1.54) is 0 Å². The Morgan fingerprint density at radius 2 is 1.95 bits per heavy atom. The number of thiocarbonyl (C=S) groups is 1. The van der Waals surface area contributed by atoms with Crippen molar-refractivity contribution in [3.8, 4) is 0 Å². The van der Waals surface area contributed by atoms with Crippen molar-refractivity contribution in [2.24, 2.45) is 5.73 Å². The number of benzene rings is 1. The van der Waals surface area contributed by atoms with Crippen LogP contribution in [0.25, 0.3) is 0 Å². The van der Waals surface area contributed by atoms with E-state index in [9.17, 15) is 9.90 Å². The first kappa shape index (κ1) is 15.9. The van der Waals surface area contributed by atoms with Crippen LogP contribution in [0.5, 0.6) is 0 Å².